The predicted molar refractivity (Wildman–Crippen MR) is 69.7 cm³/mol. The molecule has 0 aliphatic carbocycles. The highest BCUT2D eigenvalue weighted by Gasteiger charge is 2.23. The fourth-order valence-electron chi connectivity index (χ4n) is 1.62. The monoisotopic (exact) mass is 254 g/mol. The van der Waals surface area contributed by atoms with Gasteiger partial charge < -0.3 is 5.32 Å². The van der Waals surface area contributed by atoms with E-state index in [-0.39, 0.29) is 32.1 Å². The van der Waals surface area contributed by atoms with Crippen molar-refractivity contribution in [2.45, 2.75) is 33.1 Å². The molecule has 1 atom stereocenters. The quantitative estimate of drug-likeness (QED) is 0.692. The first-order chi connectivity index (χ1) is 8.54. The van der Waals surface area contributed by atoms with Crippen LogP contribution in [0.25, 0.3) is 0 Å². The minimum atomic E-state index is -0.340. The van der Waals surface area contributed by atoms with Crippen LogP contribution in [0, 0.1) is 5.92 Å². The summed E-state index contributed by atoms with van der Waals surface area (Å²) in [5, 5.41) is 2.79. The van der Waals surface area contributed by atoms with Crippen LogP contribution < -0.4 is 5.32 Å². The van der Waals surface area contributed by atoms with Crippen LogP contribution in [-0.4, -0.2) is 35.7 Å². The fraction of sp³-hybridized carbons (Fsp3) is 0.615. The van der Waals surface area contributed by atoms with Gasteiger partial charge in [-0.2, -0.15) is 0 Å². The van der Waals surface area contributed by atoms with E-state index in [4.69, 9.17) is 0 Å². The first-order valence-electron chi connectivity index (χ1n) is 6.34. The molecule has 0 spiro atoms. The van der Waals surface area contributed by atoms with E-state index in [1.54, 1.807) is 0 Å². The van der Waals surface area contributed by atoms with Crippen molar-refractivity contribution in [3.8, 4) is 0 Å². The SMILES string of the molecule is CCC(C)CCNC(=O)CCN1C(=O)C=CC1=O.[HH]. The Hall–Kier alpha value is -1.65. The molecule has 0 aromatic carbocycles. The number of hydrogen-bond donors (Lipinski definition) is 1. The normalized spacial score (nSPS) is 16.2. The fourth-order valence-corrected chi connectivity index (χ4v) is 1.62. The van der Waals surface area contributed by atoms with Crippen LogP contribution in [0.15, 0.2) is 12.2 Å². The average molecular weight is 254 g/mol. The molecule has 0 fully saturated rings. The molecule has 0 aromatic rings. The summed E-state index contributed by atoms with van der Waals surface area (Å²) in [4.78, 5) is 35.0. The number of nitrogens with zero attached hydrogens (tertiary/aromatic N) is 1. The molecule has 1 rings (SSSR count). The minimum absolute atomic E-state index is 0. The zero-order valence-electron chi connectivity index (χ0n) is 10.9. The Kier molecular flexibility index (Phi) is 5.55. The number of imide groups is 1. The number of nitrogens with one attached hydrogen (secondary N) is 1. The second kappa shape index (κ2) is 6.93. The van der Waals surface area contributed by atoms with Crippen LogP contribution in [0.4, 0.5) is 0 Å². The smallest absolute Gasteiger partial charge is 0.253 e. The van der Waals surface area contributed by atoms with Crippen molar-refractivity contribution in [2.24, 2.45) is 5.92 Å². The number of rotatable bonds is 7. The summed E-state index contributed by atoms with van der Waals surface area (Å²) in [6.07, 6.45) is 4.66. The zero-order valence-corrected chi connectivity index (χ0v) is 10.9. The summed E-state index contributed by atoms with van der Waals surface area (Å²) in [6, 6.07) is 0. The van der Waals surface area contributed by atoms with Crippen LogP contribution in [0.5, 0.6) is 0 Å². The third-order valence-electron chi connectivity index (χ3n) is 3.12. The van der Waals surface area contributed by atoms with E-state index in [0.29, 0.717) is 12.5 Å². The summed E-state index contributed by atoms with van der Waals surface area (Å²) in [5.41, 5.74) is 0. The van der Waals surface area contributed by atoms with E-state index >= 15 is 0 Å². The van der Waals surface area contributed by atoms with Crippen molar-refractivity contribution in [3.05, 3.63) is 12.2 Å². The molecule has 5 heteroatoms. The van der Waals surface area contributed by atoms with Gasteiger partial charge in [0.25, 0.3) is 11.8 Å². The second-order valence-corrected chi connectivity index (χ2v) is 4.56. The summed E-state index contributed by atoms with van der Waals surface area (Å²) < 4.78 is 0. The molecule has 0 bridgehead atoms. The lowest BCUT2D eigenvalue weighted by Gasteiger charge is -2.14. The molecule has 1 unspecified atom stereocenters. The van der Waals surface area contributed by atoms with Gasteiger partial charge in [-0.1, -0.05) is 20.3 Å². The minimum Gasteiger partial charge on any atom is -0.356 e. The van der Waals surface area contributed by atoms with Crippen molar-refractivity contribution in [1.29, 1.82) is 0 Å². The van der Waals surface area contributed by atoms with E-state index in [2.05, 4.69) is 19.2 Å². The highest BCUT2D eigenvalue weighted by molar-refractivity contribution is 6.13. The standard InChI is InChI=1S/C13H20N2O3.H2/c1-3-10(2)6-8-14-11(16)7-9-15-12(17)4-5-13(15)18;/h4-5,10H,3,6-9H2,1-2H3,(H,14,16);1H. The third-order valence-corrected chi connectivity index (χ3v) is 3.12. The van der Waals surface area contributed by atoms with Crippen LogP contribution >= 0.6 is 0 Å². The van der Waals surface area contributed by atoms with Crippen LogP contribution in [0.3, 0.4) is 0 Å². The molecule has 1 heterocycles. The van der Waals surface area contributed by atoms with Crippen molar-refractivity contribution in [3.63, 3.8) is 0 Å². The number of amides is 3. The molecule has 1 N–H and O–H groups in total. The molecule has 0 aromatic heterocycles. The van der Waals surface area contributed by atoms with Gasteiger partial charge in [-0.15, -0.1) is 0 Å². The maximum absolute atomic E-state index is 11.5. The van der Waals surface area contributed by atoms with Crippen molar-refractivity contribution < 1.29 is 15.8 Å². The maximum Gasteiger partial charge on any atom is 0.253 e. The summed E-state index contributed by atoms with van der Waals surface area (Å²) in [6.45, 7) is 5.05. The topological polar surface area (TPSA) is 66.5 Å². The Bertz CT molecular complexity index is 351. The molecule has 0 saturated carbocycles. The lowest BCUT2D eigenvalue weighted by atomic mass is 10.1. The molecule has 0 saturated heterocycles. The van der Waals surface area contributed by atoms with Crippen LogP contribution in [-0.2, 0) is 14.4 Å². The highest BCUT2D eigenvalue weighted by atomic mass is 16.2. The molecule has 5 nitrogen and oxygen atoms in total. The van der Waals surface area contributed by atoms with Crippen molar-refractivity contribution >= 4 is 17.7 Å². The Morgan fingerprint density at radius 3 is 2.56 bits per heavy atom. The van der Waals surface area contributed by atoms with Gasteiger partial charge in [-0.3, -0.25) is 19.3 Å². The van der Waals surface area contributed by atoms with Gasteiger partial charge in [-0.25, -0.2) is 0 Å². The van der Waals surface area contributed by atoms with Crippen molar-refractivity contribution in [2.75, 3.05) is 13.1 Å². The van der Waals surface area contributed by atoms with E-state index in [1.807, 2.05) is 0 Å². The molecule has 18 heavy (non-hydrogen) atoms. The summed E-state index contributed by atoms with van der Waals surface area (Å²) >= 11 is 0. The predicted octanol–water partition coefficient (Wildman–Crippen LogP) is 1.10. The van der Waals surface area contributed by atoms with Gasteiger partial charge >= 0.3 is 0 Å². The molecule has 3 amide bonds. The van der Waals surface area contributed by atoms with Crippen LogP contribution in [0.2, 0.25) is 0 Å². The lowest BCUT2D eigenvalue weighted by molar-refractivity contribution is -0.137. The molecule has 102 valence electrons. The van der Waals surface area contributed by atoms with Gasteiger partial charge in [0, 0.05) is 33.1 Å². The van der Waals surface area contributed by atoms with Gasteiger partial charge in [0.2, 0.25) is 5.91 Å². The van der Waals surface area contributed by atoms with E-state index in [0.717, 1.165) is 17.7 Å². The first-order valence-corrected chi connectivity index (χ1v) is 6.34. The summed E-state index contributed by atoms with van der Waals surface area (Å²) in [5.74, 6) is -0.207. The van der Waals surface area contributed by atoms with E-state index in [1.165, 1.54) is 12.2 Å². The van der Waals surface area contributed by atoms with Crippen LogP contribution in [0.1, 0.15) is 34.5 Å². The van der Waals surface area contributed by atoms with Gasteiger partial charge in [0.05, 0.1) is 0 Å². The average Bonchev–Trinajstić information content (AvgIpc) is 2.66. The van der Waals surface area contributed by atoms with E-state index < -0.39 is 0 Å². The zero-order chi connectivity index (χ0) is 13.5. The number of carbonyl (C=O) groups is 3. The Labute approximate surface area is 109 Å². The number of carbonyl (C=O) groups excluding carboxylic acids is 3. The Morgan fingerprint density at radius 2 is 2.00 bits per heavy atom. The molecule has 0 radical (unpaired) electrons. The van der Waals surface area contributed by atoms with Crippen molar-refractivity contribution in [1.82, 2.24) is 10.2 Å². The third kappa shape index (κ3) is 4.31. The van der Waals surface area contributed by atoms with Gasteiger partial charge in [0.1, 0.15) is 0 Å². The summed E-state index contributed by atoms with van der Waals surface area (Å²) in [7, 11) is 0. The van der Waals surface area contributed by atoms with Gasteiger partial charge in [-0.05, 0) is 12.3 Å². The maximum atomic E-state index is 11.5. The second-order valence-electron chi connectivity index (χ2n) is 4.56. The first kappa shape index (κ1) is 14.4. The molecular weight excluding hydrogens is 232 g/mol. The van der Waals surface area contributed by atoms with E-state index in [9.17, 15) is 14.4 Å². The largest absolute Gasteiger partial charge is 0.356 e. The Morgan fingerprint density at radius 1 is 1.39 bits per heavy atom. The molecule has 1 aliphatic rings. The van der Waals surface area contributed by atoms with Gasteiger partial charge in [0.15, 0.2) is 0 Å². The highest BCUT2D eigenvalue weighted by Crippen LogP contribution is 2.05. The lowest BCUT2D eigenvalue weighted by Crippen LogP contribution is -2.35. The molecule has 1 aliphatic heterocycles. The molecular formula is C13H22N2O3. The Balaban J connectivity index is 0.00000324. The number of hydrogen-bond acceptors (Lipinski definition) is 3.